The van der Waals surface area contributed by atoms with Crippen LogP contribution in [0.4, 0.5) is 4.39 Å². The topological polar surface area (TPSA) is 35.8 Å². The molecule has 0 amide bonds. The van der Waals surface area contributed by atoms with Gasteiger partial charge in [0.1, 0.15) is 5.82 Å². The van der Waals surface area contributed by atoms with Gasteiger partial charge in [0.05, 0.1) is 6.04 Å². The molecule has 3 heteroatoms. The molecule has 1 atom stereocenters. The molecular formula is C9H9FN2. The standard InChI is InChI=1S/C9H9FN2/c1-7(12-6-11)8-2-4-9(10)5-3-8/h2-5,7,12H,1H3/t7-/m0/s1. The maximum atomic E-state index is 12.5. The van der Waals surface area contributed by atoms with Gasteiger partial charge in [0.2, 0.25) is 0 Å². The average molecular weight is 164 g/mol. The van der Waals surface area contributed by atoms with Gasteiger partial charge < -0.3 is 5.32 Å². The number of nitriles is 1. The van der Waals surface area contributed by atoms with Crippen LogP contribution in [0.3, 0.4) is 0 Å². The Morgan fingerprint density at radius 2 is 2.00 bits per heavy atom. The molecule has 0 radical (unpaired) electrons. The average Bonchev–Trinajstić information content (AvgIpc) is 2.06. The molecule has 1 rings (SSSR count). The van der Waals surface area contributed by atoms with Crippen molar-refractivity contribution in [2.45, 2.75) is 13.0 Å². The van der Waals surface area contributed by atoms with E-state index in [2.05, 4.69) is 5.32 Å². The maximum Gasteiger partial charge on any atom is 0.177 e. The maximum absolute atomic E-state index is 12.5. The Kier molecular flexibility index (Phi) is 2.65. The first-order chi connectivity index (χ1) is 5.74. The van der Waals surface area contributed by atoms with E-state index in [4.69, 9.17) is 5.26 Å². The summed E-state index contributed by atoms with van der Waals surface area (Å²) in [6.45, 7) is 1.84. The minimum atomic E-state index is -0.261. The zero-order valence-corrected chi connectivity index (χ0v) is 6.71. The second-order valence-electron chi connectivity index (χ2n) is 2.53. The lowest BCUT2D eigenvalue weighted by Crippen LogP contribution is -2.11. The summed E-state index contributed by atoms with van der Waals surface area (Å²) in [5, 5.41) is 10.9. The molecule has 0 saturated carbocycles. The van der Waals surface area contributed by atoms with Gasteiger partial charge in [-0.15, -0.1) is 0 Å². The molecule has 0 aliphatic rings. The van der Waals surface area contributed by atoms with Crippen LogP contribution in [0.2, 0.25) is 0 Å². The highest BCUT2D eigenvalue weighted by Crippen LogP contribution is 2.11. The molecule has 0 aliphatic heterocycles. The predicted octanol–water partition coefficient (Wildman–Crippen LogP) is 1.96. The Labute approximate surface area is 70.6 Å². The first-order valence-electron chi connectivity index (χ1n) is 3.64. The van der Waals surface area contributed by atoms with Gasteiger partial charge in [-0.3, -0.25) is 0 Å². The van der Waals surface area contributed by atoms with Crippen molar-refractivity contribution in [2.24, 2.45) is 0 Å². The normalized spacial score (nSPS) is 11.8. The van der Waals surface area contributed by atoms with Crippen LogP contribution < -0.4 is 5.32 Å². The van der Waals surface area contributed by atoms with Crippen molar-refractivity contribution in [3.05, 3.63) is 35.6 Å². The van der Waals surface area contributed by atoms with Crippen LogP contribution in [-0.4, -0.2) is 0 Å². The summed E-state index contributed by atoms with van der Waals surface area (Å²) >= 11 is 0. The number of rotatable bonds is 2. The molecule has 0 fully saturated rings. The molecule has 1 aromatic carbocycles. The van der Waals surface area contributed by atoms with Gasteiger partial charge in [0, 0.05) is 0 Å². The summed E-state index contributed by atoms with van der Waals surface area (Å²) in [7, 11) is 0. The molecule has 0 bridgehead atoms. The number of hydrogen-bond donors (Lipinski definition) is 1. The first-order valence-corrected chi connectivity index (χ1v) is 3.64. The summed E-state index contributed by atoms with van der Waals surface area (Å²) in [6, 6.07) is 6.01. The molecule has 0 spiro atoms. The minimum absolute atomic E-state index is 0.0596. The Hall–Kier alpha value is -1.56. The molecule has 0 heterocycles. The number of hydrogen-bond acceptors (Lipinski definition) is 2. The summed E-state index contributed by atoms with van der Waals surface area (Å²) in [5.74, 6) is -0.261. The summed E-state index contributed by atoms with van der Waals surface area (Å²) < 4.78 is 12.5. The zero-order chi connectivity index (χ0) is 8.97. The monoisotopic (exact) mass is 164 g/mol. The zero-order valence-electron chi connectivity index (χ0n) is 6.71. The molecule has 1 N–H and O–H groups in total. The third kappa shape index (κ3) is 1.96. The SMILES string of the molecule is C[C@H](NC#N)c1ccc(F)cc1. The first kappa shape index (κ1) is 8.54. The van der Waals surface area contributed by atoms with E-state index in [0.717, 1.165) is 5.56 Å². The van der Waals surface area contributed by atoms with Gasteiger partial charge in [-0.1, -0.05) is 12.1 Å². The molecule has 2 nitrogen and oxygen atoms in total. The Bertz CT molecular complexity index is 286. The summed E-state index contributed by atoms with van der Waals surface area (Å²) in [4.78, 5) is 0. The third-order valence-electron chi connectivity index (χ3n) is 1.65. The van der Waals surface area contributed by atoms with Gasteiger partial charge in [-0.2, -0.15) is 5.26 Å². The van der Waals surface area contributed by atoms with E-state index in [-0.39, 0.29) is 11.9 Å². The highest BCUT2D eigenvalue weighted by atomic mass is 19.1. The van der Waals surface area contributed by atoms with Gasteiger partial charge in [-0.05, 0) is 24.6 Å². The minimum Gasteiger partial charge on any atom is -0.317 e. The van der Waals surface area contributed by atoms with Gasteiger partial charge in [0.25, 0.3) is 0 Å². The fourth-order valence-electron chi connectivity index (χ4n) is 0.932. The number of nitrogens with one attached hydrogen (secondary N) is 1. The fraction of sp³-hybridized carbons (Fsp3) is 0.222. The lowest BCUT2D eigenvalue weighted by atomic mass is 10.1. The fourth-order valence-corrected chi connectivity index (χ4v) is 0.932. The lowest BCUT2D eigenvalue weighted by Gasteiger charge is -2.08. The van der Waals surface area contributed by atoms with Gasteiger partial charge in [-0.25, -0.2) is 4.39 Å². The van der Waals surface area contributed by atoms with Crippen molar-refractivity contribution < 1.29 is 4.39 Å². The van der Waals surface area contributed by atoms with E-state index in [1.54, 1.807) is 12.1 Å². The van der Waals surface area contributed by atoms with Gasteiger partial charge in [0.15, 0.2) is 6.19 Å². The molecular weight excluding hydrogens is 155 g/mol. The molecule has 0 aromatic heterocycles. The Morgan fingerprint density at radius 1 is 1.42 bits per heavy atom. The van der Waals surface area contributed by atoms with Crippen LogP contribution in [0.1, 0.15) is 18.5 Å². The number of nitrogens with zero attached hydrogens (tertiary/aromatic N) is 1. The number of benzene rings is 1. The van der Waals surface area contributed by atoms with Crippen molar-refractivity contribution >= 4 is 0 Å². The van der Waals surface area contributed by atoms with E-state index in [1.165, 1.54) is 12.1 Å². The second-order valence-corrected chi connectivity index (χ2v) is 2.53. The van der Waals surface area contributed by atoms with Crippen LogP contribution in [-0.2, 0) is 0 Å². The van der Waals surface area contributed by atoms with Crippen LogP contribution in [0.5, 0.6) is 0 Å². The van der Waals surface area contributed by atoms with Crippen molar-refractivity contribution in [2.75, 3.05) is 0 Å². The Balaban J connectivity index is 2.76. The summed E-state index contributed by atoms with van der Waals surface area (Å²) in [6.07, 6.45) is 1.84. The van der Waals surface area contributed by atoms with Crippen molar-refractivity contribution in [1.82, 2.24) is 5.32 Å². The van der Waals surface area contributed by atoms with Crippen LogP contribution >= 0.6 is 0 Å². The van der Waals surface area contributed by atoms with Crippen LogP contribution in [0, 0.1) is 17.3 Å². The molecule has 0 aliphatic carbocycles. The third-order valence-corrected chi connectivity index (χ3v) is 1.65. The molecule has 62 valence electrons. The van der Waals surface area contributed by atoms with Crippen molar-refractivity contribution in [1.29, 1.82) is 5.26 Å². The van der Waals surface area contributed by atoms with E-state index in [0.29, 0.717) is 0 Å². The highest BCUT2D eigenvalue weighted by molar-refractivity contribution is 5.19. The number of halogens is 1. The lowest BCUT2D eigenvalue weighted by molar-refractivity contribution is 0.623. The Morgan fingerprint density at radius 3 is 2.50 bits per heavy atom. The van der Waals surface area contributed by atoms with E-state index < -0.39 is 0 Å². The predicted molar refractivity (Wildman–Crippen MR) is 43.6 cm³/mol. The van der Waals surface area contributed by atoms with E-state index in [1.807, 2.05) is 13.1 Å². The van der Waals surface area contributed by atoms with Gasteiger partial charge >= 0.3 is 0 Å². The van der Waals surface area contributed by atoms with Crippen molar-refractivity contribution in [3.8, 4) is 6.19 Å². The summed E-state index contributed by atoms with van der Waals surface area (Å²) in [5.41, 5.74) is 0.901. The van der Waals surface area contributed by atoms with Crippen LogP contribution in [0.15, 0.2) is 24.3 Å². The highest BCUT2D eigenvalue weighted by Gasteiger charge is 2.02. The van der Waals surface area contributed by atoms with E-state index in [9.17, 15) is 4.39 Å². The molecule has 12 heavy (non-hydrogen) atoms. The largest absolute Gasteiger partial charge is 0.317 e. The van der Waals surface area contributed by atoms with E-state index >= 15 is 0 Å². The molecule has 0 unspecified atom stereocenters. The van der Waals surface area contributed by atoms with Crippen molar-refractivity contribution in [3.63, 3.8) is 0 Å². The molecule has 1 aromatic rings. The quantitative estimate of drug-likeness (QED) is 0.535. The smallest absolute Gasteiger partial charge is 0.177 e. The van der Waals surface area contributed by atoms with Crippen LogP contribution in [0.25, 0.3) is 0 Å². The molecule has 0 saturated heterocycles. The second kappa shape index (κ2) is 3.72.